The zero-order chi connectivity index (χ0) is 19.1. The summed E-state index contributed by atoms with van der Waals surface area (Å²) in [4.78, 5) is 16.5. The molecule has 0 saturated heterocycles. The Morgan fingerprint density at radius 3 is 2.85 bits per heavy atom. The lowest BCUT2D eigenvalue weighted by atomic mass is 10.2. The predicted octanol–water partition coefficient (Wildman–Crippen LogP) is 2.43. The Hall–Kier alpha value is -2.94. The van der Waals surface area contributed by atoms with E-state index < -0.39 is 0 Å². The molecule has 1 N–H and O–H groups in total. The molecular formula is C18H20N6O2S. The molecule has 27 heavy (non-hydrogen) atoms. The van der Waals surface area contributed by atoms with Crippen molar-refractivity contribution >= 4 is 17.7 Å². The lowest BCUT2D eigenvalue weighted by Crippen LogP contribution is -2.28. The van der Waals surface area contributed by atoms with Crippen molar-refractivity contribution in [2.45, 2.75) is 25.0 Å². The topological polar surface area (TPSA) is 94.8 Å². The Labute approximate surface area is 161 Å². The fourth-order valence-electron chi connectivity index (χ4n) is 2.45. The van der Waals surface area contributed by atoms with E-state index in [4.69, 9.17) is 4.74 Å². The van der Waals surface area contributed by atoms with Gasteiger partial charge in [-0.25, -0.2) is 0 Å². The van der Waals surface area contributed by atoms with Gasteiger partial charge in [0.2, 0.25) is 11.1 Å². The zero-order valence-corrected chi connectivity index (χ0v) is 15.9. The molecule has 3 rings (SSSR count). The zero-order valence-electron chi connectivity index (χ0n) is 15.1. The molecule has 0 radical (unpaired) electrons. The van der Waals surface area contributed by atoms with Crippen molar-refractivity contribution in [3.63, 3.8) is 0 Å². The van der Waals surface area contributed by atoms with E-state index in [0.717, 1.165) is 11.4 Å². The molecule has 0 saturated carbocycles. The van der Waals surface area contributed by atoms with Crippen LogP contribution in [-0.2, 0) is 4.79 Å². The first-order valence-electron chi connectivity index (χ1n) is 8.52. The number of rotatable bonds is 8. The summed E-state index contributed by atoms with van der Waals surface area (Å²) in [5, 5.41) is 15.2. The van der Waals surface area contributed by atoms with E-state index in [9.17, 15) is 4.79 Å². The van der Waals surface area contributed by atoms with Gasteiger partial charge in [-0.2, -0.15) is 4.68 Å². The standard InChI is InChI=1S/C18H20N6O2S/c1-3-26-16-10-5-4-9-15(16)24-18(21-22-23-24)27-12-17(25)20-13(2)14-8-6-7-11-19-14/h4-11,13H,3,12H2,1-2H3,(H,20,25). The van der Waals surface area contributed by atoms with Crippen LogP contribution in [0.15, 0.2) is 53.8 Å². The number of hydrogen-bond donors (Lipinski definition) is 1. The van der Waals surface area contributed by atoms with E-state index in [1.54, 1.807) is 10.9 Å². The van der Waals surface area contributed by atoms with Gasteiger partial charge in [-0.3, -0.25) is 9.78 Å². The highest BCUT2D eigenvalue weighted by Crippen LogP contribution is 2.25. The van der Waals surface area contributed by atoms with Crippen molar-refractivity contribution < 1.29 is 9.53 Å². The van der Waals surface area contributed by atoms with Crippen LogP contribution < -0.4 is 10.1 Å². The van der Waals surface area contributed by atoms with Crippen molar-refractivity contribution in [2.24, 2.45) is 0 Å². The third-order valence-corrected chi connectivity index (χ3v) is 4.59. The molecule has 9 heteroatoms. The normalized spacial score (nSPS) is 11.8. The first kappa shape index (κ1) is 18.8. The van der Waals surface area contributed by atoms with Gasteiger partial charge in [-0.05, 0) is 48.5 Å². The van der Waals surface area contributed by atoms with Crippen LogP contribution in [0.2, 0.25) is 0 Å². The monoisotopic (exact) mass is 384 g/mol. The number of ether oxygens (including phenoxy) is 1. The van der Waals surface area contributed by atoms with Crippen molar-refractivity contribution in [1.29, 1.82) is 0 Å². The second-order valence-corrected chi connectivity index (χ2v) is 6.55. The summed E-state index contributed by atoms with van der Waals surface area (Å²) in [6.45, 7) is 4.35. The minimum Gasteiger partial charge on any atom is -0.492 e. The predicted molar refractivity (Wildman–Crippen MR) is 102 cm³/mol. The second kappa shape index (κ2) is 9.13. The molecule has 1 atom stereocenters. The van der Waals surface area contributed by atoms with Crippen molar-refractivity contribution in [3.8, 4) is 11.4 Å². The number of benzene rings is 1. The summed E-state index contributed by atoms with van der Waals surface area (Å²) in [5.74, 6) is 0.752. The number of aromatic nitrogens is 5. The first-order chi connectivity index (χ1) is 13.2. The van der Waals surface area contributed by atoms with Crippen LogP contribution in [0, 0.1) is 0 Å². The molecular weight excluding hydrogens is 364 g/mol. The summed E-state index contributed by atoms with van der Waals surface area (Å²) in [7, 11) is 0. The fraction of sp³-hybridized carbons (Fsp3) is 0.278. The molecule has 2 heterocycles. The number of thioether (sulfide) groups is 1. The maximum Gasteiger partial charge on any atom is 0.231 e. The molecule has 140 valence electrons. The number of nitrogens with one attached hydrogen (secondary N) is 1. The Morgan fingerprint density at radius 1 is 1.26 bits per heavy atom. The molecule has 0 bridgehead atoms. The Kier molecular flexibility index (Phi) is 6.37. The second-order valence-electron chi connectivity index (χ2n) is 5.61. The lowest BCUT2D eigenvalue weighted by Gasteiger charge is -2.13. The van der Waals surface area contributed by atoms with Crippen LogP contribution in [0.3, 0.4) is 0 Å². The molecule has 8 nitrogen and oxygen atoms in total. The van der Waals surface area contributed by atoms with Gasteiger partial charge in [0.05, 0.1) is 24.1 Å². The summed E-state index contributed by atoms with van der Waals surface area (Å²) in [6.07, 6.45) is 1.71. The van der Waals surface area contributed by atoms with Crippen LogP contribution in [-0.4, -0.2) is 43.5 Å². The summed E-state index contributed by atoms with van der Waals surface area (Å²) in [5.41, 5.74) is 1.54. The maximum atomic E-state index is 12.3. The van der Waals surface area contributed by atoms with Gasteiger partial charge in [-0.15, -0.1) is 5.10 Å². The van der Waals surface area contributed by atoms with Gasteiger partial charge in [0.1, 0.15) is 11.4 Å². The van der Waals surface area contributed by atoms with Gasteiger partial charge in [0.25, 0.3) is 0 Å². The number of pyridine rings is 1. The molecule has 0 fully saturated rings. The van der Waals surface area contributed by atoms with Gasteiger partial charge in [0.15, 0.2) is 0 Å². The van der Waals surface area contributed by atoms with Crippen LogP contribution >= 0.6 is 11.8 Å². The van der Waals surface area contributed by atoms with Crippen LogP contribution in [0.1, 0.15) is 25.6 Å². The molecule has 1 unspecified atom stereocenters. The highest BCUT2D eigenvalue weighted by Gasteiger charge is 2.16. The molecule has 0 aliphatic rings. The average Bonchev–Trinajstić information content (AvgIpc) is 3.16. The lowest BCUT2D eigenvalue weighted by molar-refractivity contribution is -0.119. The maximum absolute atomic E-state index is 12.3. The Bertz CT molecular complexity index is 886. The third-order valence-electron chi connectivity index (χ3n) is 3.68. The van der Waals surface area contributed by atoms with Crippen molar-refractivity contribution in [1.82, 2.24) is 30.5 Å². The third kappa shape index (κ3) is 4.82. The van der Waals surface area contributed by atoms with Crippen molar-refractivity contribution in [3.05, 3.63) is 54.4 Å². The van der Waals surface area contributed by atoms with Crippen molar-refractivity contribution in [2.75, 3.05) is 12.4 Å². The van der Waals surface area contributed by atoms with E-state index in [1.807, 2.05) is 56.3 Å². The Morgan fingerprint density at radius 2 is 2.07 bits per heavy atom. The first-order valence-corrected chi connectivity index (χ1v) is 9.51. The molecule has 1 aromatic carbocycles. The van der Waals surface area contributed by atoms with Crippen LogP contribution in [0.4, 0.5) is 0 Å². The SMILES string of the molecule is CCOc1ccccc1-n1nnnc1SCC(=O)NC(C)c1ccccn1. The number of carbonyl (C=O) groups excluding carboxylic acids is 1. The molecule has 2 aromatic heterocycles. The highest BCUT2D eigenvalue weighted by molar-refractivity contribution is 7.99. The number of para-hydroxylation sites is 2. The smallest absolute Gasteiger partial charge is 0.231 e. The molecule has 0 aliphatic carbocycles. The van der Waals surface area contributed by atoms with Gasteiger partial charge < -0.3 is 10.1 Å². The largest absolute Gasteiger partial charge is 0.492 e. The quantitative estimate of drug-likeness (QED) is 0.596. The number of hydrogen-bond acceptors (Lipinski definition) is 7. The van der Waals surface area contributed by atoms with E-state index in [-0.39, 0.29) is 17.7 Å². The molecule has 0 aliphatic heterocycles. The van der Waals surface area contributed by atoms with E-state index >= 15 is 0 Å². The number of carbonyl (C=O) groups is 1. The molecule has 3 aromatic rings. The molecule has 0 spiro atoms. The van der Waals surface area contributed by atoms with Gasteiger partial charge >= 0.3 is 0 Å². The average molecular weight is 384 g/mol. The van der Waals surface area contributed by atoms with Crippen LogP contribution in [0.5, 0.6) is 5.75 Å². The van der Waals surface area contributed by atoms with Gasteiger partial charge in [-0.1, -0.05) is 30.0 Å². The van der Waals surface area contributed by atoms with Crippen LogP contribution in [0.25, 0.3) is 5.69 Å². The number of nitrogens with zero attached hydrogens (tertiary/aromatic N) is 5. The number of tetrazole rings is 1. The highest BCUT2D eigenvalue weighted by atomic mass is 32.2. The van der Waals surface area contributed by atoms with E-state index in [0.29, 0.717) is 17.5 Å². The summed E-state index contributed by atoms with van der Waals surface area (Å²) >= 11 is 1.26. The minimum atomic E-state index is -0.172. The van der Waals surface area contributed by atoms with E-state index in [2.05, 4.69) is 25.8 Å². The van der Waals surface area contributed by atoms with E-state index in [1.165, 1.54) is 11.8 Å². The fourth-order valence-corrected chi connectivity index (χ4v) is 3.14. The van der Waals surface area contributed by atoms with Gasteiger partial charge in [0, 0.05) is 6.20 Å². The summed E-state index contributed by atoms with van der Waals surface area (Å²) < 4.78 is 7.21. The molecule has 1 amide bonds. The number of amides is 1. The minimum absolute atomic E-state index is 0.120. The summed E-state index contributed by atoms with van der Waals surface area (Å²) in [6, 6.07) is 12.9. The Balaban J connectivity index is 1.65.